The smallest absolute Gasteiger partial charge is 0.330 e. The number of carbonyl (C=O) groups is 1. The van der Waals surface area contributed by atoms with Gasteiger partial charge in [0, 0.05) is 25.7 Å². The van der Waals surface area contributed by atoms with Crippen molar-refractivity contribution < 1.29 is 18.0 Å². The monoisotopic (exact) mass is 208 g/mol. The van der Waals surface area contributed by atoms with Gasteiger partial charge in [0.25, 0.3) is 0 Å². The number of fused-ring (bicyclic) bond motifs is 1. The van der Waals surface area contributed by atoms with Crippen molar-refractivity contribution in [2.75, 3.05) is 19.6 Å². The van der Waals surface area contributed by atoms with E-state index in [0.717, 1.165) is 11.4 Å². The molecule has 2 fully saturated rings. The van der Waals surface area contributed by atoms with Gasteiger partial charge >= 0.3 is 12.1 Å². The summed E-state index contributed by atoms with van der Waals surface area (Å²) in [7, 11) is 0. The first-order chi connectivity index (χ1) is 6.50. The number of rotatable bonds is 0. The number of likely N-dealkylation sites (tertiary alicyclic amines) is 1. The van der Waals surface area contributed by atoms with Gasteiger partial charge in [0.2, 0.25) is 0 Å². The summed E-state index contributed by atoms with van der Waals surface area (Å²) >= 11 is 0. The van der Waals surface area contributed by atoms with E-state index in [-0.39, 0.29) is 18.5 Å². The summed E-state index contributed by atoms with van der Waals surface area (Å²) in [6, 6.07) is -0.246. The van der Waals surface area contributed by atoms with Crippen LogP contribution in [-0.4, -0.2) is 42.7 Å². The molecule has 0 spiro atoms. The molecule has 2 aliphatic heterocycles. The van der Waals surface area contributed by atoms with Crippen LogP contribution in [0.2, 0.25) is 0 Å². The van der Waals surface area contributed by atoms with Gasteiger partial charge in [-0.05, 0) is 12.3 Å². The predicted molar refractivity (Wildman–Crippen MR) is 42.5 cm³/mol. The van der Waals surface area contributed by atoms with Gasteiger partial charge in [0.05, 0.1) is 0 Å². The van der Waals surface area contributed by atoms with Crippen molar-refractivity contribution in [3.05, 3.63) is 0 Å². The minimum atomic E-state index is -4.72. The Hall–Kier alpha value is -0.780. The third-order valence-corrected chi connectivity index (χ3v) is 2.95. The Morgan fingerprint density at radius 2 is 2.07 bits per heavy atom. The van der Waals surface area contributed by atoms with Crippen molar-refractivity contribution in [3.8, 4) is 0 Å². The lowest BCUT2D eigenvalue weighted by atomic mass is 10.1. The number of nitrogens with zero attached hydrogens (tertiary/aromatic N) is 1. The molecule has 2 atom stereocenters. The molecule has 2 rings (SSSR count). The number of nitrogens with one attached hydrogen (secondary N) is 1. The average molecular weight is 208 g/mol. The zero-order chi connectivity index (χ0) is 10.3. The molecule has 0 saturated carbocycles. The first-order valence-corrected chi connectivity index (χ1v) is 4.58. The molecular weight excluding hydrogens is 197 g/mol. The van der Waals surface area contributed by atoms with Crippen molar-refractivity contribution >= 4 is 5.91 Å². The highest BCUT2D eigenvalue weighted by molar-refractivity contribution is 5.82. The maximum atomic E-state index is 12.1. The summed E-state index contributed by atoms with van der Waals surface area (Å²) in [5, 5.41) is 3.00. The molecule has 3 nitrogen and oxygen atoms in total. The molecule has 2 heterocycles. The fourth-order valence-corrected chi connectivity index (χ4v) is 2.26. The lowest BCUT2D eigenvalue weighted by Crippen LogP contribution is -2.45. The van der Waals surface area contributed by atoms with Crippen LogP contribution in [0, 0.1) is 5.92 Å². The highest BCUT2D eigenvalue weighted by atomic mass is 19.4. The van der Waals surface area contributed by atoms with E-state index < -0.39 is 12.1 Å². The molecular formula is C8H11F3N2O. The van der Waals surface area contributed by atoms with Gasteiger partial charge in [-0.3, -0.25) is 4.79 Å². The SMILES string of the molecule is O=C(N1CC[C@@H]2CNC[C@H]21)C(F)(F)F. The van der Waals surface area contributed by atoms with Crippen LogP contribution in [0.25, 0.3) is 0 Å². The summed E-state index contributed by atoms with van der Waals surface area (Å²) in [6.07, 6.45) is -4.04. The topological polar surface area (TPSA) is 32.3 Å². The standard InChI is InChI=1S/C8H11F3N2O/c9-8(10,11)7(14)13-2-1-5-3-12-4-6(5)13/h5-6,12H,1-4H2/t5-,6-/m1/s1. The lowest BCUT2D eigenvalue weighted by molar-refractivity contribution is -0.186. The molecule has 14 heavy (non-hydrogen) atoms. The second kappa shape index (κ2) is 3.12. The maximum absolute atomic E-state index is 12.1. The van der Waals surface area contributed by atoms with Gasteiger partial charge in [-0.25, -0.2) is 0 Å². The molecule has 1 N–H and O–H groups in total. The van der Waals surface area contributed by atoms with E-state index in [1.54, 1.807) is 0 Å². The van der Waals surface area contributed by atoms with Gasteiger partial charge in [-0.1, -0.05) is 0 Å². The summed E-state index contributed by atoms with van der Waals surface area (Å²) in [5.74, 6) is -1.48. The molecule has 0 aromatic carbocycles. The molecule has 0 aromatic heterocycles. The van der Waals surface area contributed by atoms with Crippen LogP contribution >= 0.6 is 0 Å². The summed E-state index contributed by atoms with van der Waals surface area (Å²) < 4.78 is 36.4. The third kappa shape index (κ3) is 1.47. The minimum Gasteiger partial charge on any atom is -0.330 e. The van der Waals surface area contributed by atoms with Gasteiger partial charge in [0.15, 0.2) is 0 Å². The molecule has 2 aliphatic rings. The molecule has 0 unspecified atom stereocenters. The second-order valence-corrected chi connectivity index (χ2v) is 3.77. The molecule has 80 valence electrons. The Balaban J connectivity index is 2.09. The van der Waals surface area contributed by atoms with Gasteiger partial charge in [-0.2, -0.15) is 13.2 Å². The van der Waals surface area contributed by atoms with Crippen LogP contribution in [0.1, 0.15) is 6.42 Å². The normalized spacial score (nSPS) is 32.1. The van der Waals surface area contributed by atoms with Gasteiger partial charge in [0.1, 0.15) is 0 Å². The number of hydrogen-bond acceptors (Lipinski definition) is 2. The van der Waals surface area contributed by atoms with E-state index in [4.69, 9.17) is 0 Å². The Morgan fingerprint density at radius 3 is 2.71 bits per heavy atom. The zero-order valence-corrected chi connectivity index (χ0v) is 7.47. The Kier molecular flexibility index (Phi) is 2.17. The maximum Gasteiger partial charge on any atom is 0.471 e. The van der Waals surface area contributed by atoms with Crippen LogP contribution in [0.5, 0.6) is 0 Å². The third-order valence-electron chi connectivity index (χ3n) is 2.95. The Labute approximate surface area is 79.3 Å². The van der Waals surface area contributed by atoms with Crippen LogP contribution in [0.15, 0.2) is 0 Å². The number of halogens is 3. The molecule has 0 aliphatic carbocycles. The van der Waals surface area contributed by atoms with Crippen molar-refractivity contribution in [1.29, 1.82) is 0 Å². The van der Waals surface area contributed by atoms with Crippen molar-refractivity contribution in [1.82, 2.24) is 10.2 Å². The van der Waals surface area contributed by atoms with Gasteiger partial charge < -0.3 is 10.2 Å². The van der Waals surface area contributed by atoms with Gasteiger partial charge in [-0.15, -0.1) is 0 Å². The lowest BCUT2D eigenvalue weighted by Gasteiger charge is -2.24. The van der Waals surface area contributed by atoms with Crippen LogP contribution in [0.4, 0.5) is 13.2 Å². The largest absolute Gasteiger partial charge is 0.471 e. The second-order valence-electron chi connectivity index (χ2n) is 3.77. The Morgan fingerprint density at radius 1 is 1.36 bits per heavy atom. The quantitative estimate of drug-likeness (QED) is 0.623. The van der Waals surface area contributed by atoms with E-state index in [2.05, 4.69) is 5.32 Å². The first-order valence-electron chi connectivity index (χ1n) is 4.58. The molecule has 6 heteroatoms. The molecule has 1 amide bonds. The van der Waals surface area contributed by atoms with E-state index in [1.807, 2.05) is 0 Å². The fourth-order valence-electron chi connectivity index (χ4n) is 2.26. The van der Waals surface area contributed by atoms with Crippen LogP contribution < -0.4 is 5.32 Å². The number of carbonyl (C=O) groups excluding carboxylic acids is 1. The molecule has 2 saturated heterocycles. The van der Waals surface area contributed by atoms with Crippen molar-refractivity contribution in [2.24, 2.45) is 5.92 Å². The summed E-state index contributed by atoms with van der Waals surface area (Å²) in [5.41, 5.74) is 0. The highest BCUT2D eigenvalue weighted by Gasteiger charge is 2.49. The van der Waals surface area contributed by atoms with E-state index in [1.165, 1.54) is 0 Å². The number of hydrogen-bond donors (Lipinski definition) is 1. The number of amides is 1. The summed E-state index contributed by atoms with van der Waals surface area (Å²) in [6.45, 7) is 1.47. The summed E-state index contributed by atoms with van der Waals surface area (Å²) in [4.78, 5) is 11.9. The average Bonchev–Trinajstić information content (AvgIpc) is 2.59. The van der Waals surface area contributed by atoms with Crippen molar-refractivity contribution in [3.63, 3.8) is 0 Å². The number of alkyl halides is 3. The van der Waals surface area contributed by atoms with E-state index in [9.17, 15) is 18.0 Å². The van der Waals surface area contributed by atoms with Crippen LogP contribution in [0.3, 0.4) is 0 Å². The predicted octanol–water partition coefficient (Wildman–Crippen LogP) is 0.369. The minimum absolute atomic E-state index is 0.210. The van der Waals surface area contributed by atoms with Crippen molar-refractivity contribution in [2.45, 2.75) is 18.6 Å². The van der Waals surface area contributed by atoms with E-state index in [0.29, 0.717) is 13.0 Å². The first kappa shape index (κ1) is 9.76. The highest BCUT2D eigenvalue weighted by Crippen LogP contribution is 2.30. The molecule has 0 aromatic rings. The molecule has 0 bridgehead atoms. The van der Waals surface area contributed by atoms with E-state index >= 15 is 0 Å². The Bertz CT molecular complexity index is 253. The molecule has 0 radical (unpaired) electrons. The van der Waals surface area contributed by atoms with Crippen LogP contribution in [-0.2, 0) is 4.79 Å². The fraction of sp³-hybridized carbons (Fsp3) is 0.875. The zero-order valence-electron chi connectivity index (χ0n) is 7.47.